The molecule has 1 aromatic carbocycles. The van der Waals surface area contributed by atoms with Crippen molar-refractivity contribution in [2.24, 2.45) is 0 Å². The van der Waals surface area contributed by atoms with Crippen molar-refractivity contribution in [2.75, 3.05) is 5.73 Å². The average molecular weight is 221 g/mol. The molecular formula is C9H7N3O2S. The van der Waals surface area contributed by atoms with E-state index in [0.29, 0.717) is 10.9 Å². The Morgan fingerprint density at radius 2 is 2.07 bits per heavy atom. The Kier molecular flexibility index (Phi) is 2.12. The molecule has 76 valence electrons. The molecule has 6 heteroatoms. The third-order valence-electron chi connectivity index (χ3n) is 2.12. The Morgan fingerprint density at radius 3 is 2.73 bits per heavy atom. The van der Waals surface area contributed by atoms with E-state index in [9.17, 15) is 10.1 Å². The number of hydrogen-bond donors (Lipinski definition) is 2. The number of fused-ring (bicyclic) bond motifs is 1. The van der Waals surface area contributed by atoms with Gasteiger partial charge < -0.3 is 10.7 Å². The Labute approximate surface area is 89.7 Å². The molecule has 0 amide bonds. The molecule has 5 nitrogen and oxygen atoms in total. The van der Waals surface area contributed by atoms with Crippen LogP contribution in [0.1, 0.15) is 0 Å². The first-order chi connectivity index (χ1) is 7.11. The van der Waals surface area contributed by atoms with Gasteiger partial charge in [-0.2, -0.15) is 0 Å². The second-order valence-corrected chi connectivity index (χ2v) is 3.43. The highest BCUT2D eigenvalue weighted by molar-refractivity contribution is 7.71. The molecular weight excluding hydrogens is 214 g/mol. The number of nitrogens with zero attached hydrogens (tertiary/aromatic N) is 1. The normalized spacial score (nSPS) is 10.4. The van der Waals surface area contributed by atoms with Gasteiger partial charge in [-0.15, -0.1) is 0 Å². The lowest BCUT2D eigenvalue weighted by molar-refractivity contribution is -0.384. The Balaban J connectivity index is 2.97. The van der Waals surface area contributed by atoms with Crippen LogP contribution in [-0.2, 0) is 0 Å². The summed E-state index contributed by atoms with van der Waals surface area (Å²) in [6, 6.07) is 7.05. The monoisotopic (exact) mass is 221 g/mol. The molecule has 0 aliphatic rings. The number of nitro groups is 1. The van der Waals surface area contributed by atoms with Crippen LogP contribution >= 0.6 is 12.2 Å². The molecule has 0 bridgehead atoms. The van der Waals surface area contributed by atoms with Crippen molar-refractivity contribution >= 4 is 34.5 Å². The van der Waals surface area contributed by atoms with Gasteiger partial charge in [-0.3, -0.25) is 10.1 Å². The van der Waals surface area contributed by atoms with Gasteiger partial charge in [0.2, 0.25) is 0 Å². The van der Waals surface area contributed by atoms with Crippen LogP contribution in [-0.4, -0.2) is 9.91 Å². The van der Waals surface area contributed by atoms with Gasteiger partial charge in [-0.1, -0.05) is 30.4 Å². The molecule has 0 saturated carbocycles. The summed E-state index contributed by atoms with van der Waals surface area (Å²) < 4.78 is 0.0520. The molecule has 0 aliphatic carbocycles. The number of nitrogen functional groups attached to an aromatic ring is 1. The van der Waals surface area contributed by atoms with E-state index in [0.717, 1.165) is 0 Å². The molecule has 0 radical (unpaired) electrons. The second-order valence-electron chi connectivity index (χ2n) is 3.02. The molecule has 0 atom stereocenters. The van der Waals surface area contributed by atoms with Crippen molar-refractivity contribution < 1.29 is 4.92 Å². The zero-order valence-corrected chi connectivity index (χ0v) is 8.38. The van der Waals surface area contributed by atoms with Gasteiger partial charge in [0.1, 0.15) is 5.69 Å². The Hall–Kier alpha value is -1.95. The first-order valence-corrected chi connectivity index (χ1v) is 4.57. The van der Waals surface area contributed by atoms with Crippen LogP contribution in [0.5, 0.6) is 0 Å². The van der Waals surface area contributed by atoms with Gasteiger partial charge in [0.15, 0.2) is 4.64 Å². The lowest BCUT2D eigenvalue weighted by Crippen LogP contribution is -1.99. The van der Waals surface area contributed by atoms with Gasteiger partial charge >= 0.3 is 5.69 Å². The minimum absolute atomic E-state index is 0.0520. The van der Waals surface area contributed by atoms with E-state index >= 15 is 0 Å². The SMILES string of the molecule is Nc1c([N+](=O)[O-])c(=S)[nH]c2ccccc12. The van der Waals surface area contributed by atoms with Crippen molar-refractivity contribution in [1.82, 2.24) is 4.98 Å². The van der Waals surface area contributed by atoms with Crippen LogP contribution < -0.4 is 5.73 Å². The van der Waals surface area contributed by atoms with E-state index in [4.69, 9.17) is 18.0 Å². The number of hydrogen-bond acceptors (Lipinski definition) is 4. The van der Waals surface area contributed by atoms with E-state index in [2.05, 4.69) is 4.98 Å². The van der Waals surface area contributed by atoms with Gasteiger partial charge in [0.05, 0.1) is 4.92 Å². The zero-order valence-electron chi connectivity index (χ0n) is 7.56. The predicted molar refractivity (Wildman–Crippen MR) is 60.2 cm³/mol. The number of pyridine rings is 1. The number of aromatic amines is 1. The van der Waals surface area contributed by atoms with Crippen LogP contribution in [0.15, 0.2) is 24.3 Å². The lowest BCUT2D eigenvalue weighted by atomic mass is 10.2. The van der Waals surface area contributed by atoms with Crippen LogP contribution in [0.2, 0.25) is 0 Å². The minimum atomic E-state index is -0.569. The number of rotatable bonds is 1. The molecule has 2 aromatic rings. The number of benzene rings is 1. The topological polar surface area (TPSA) is 84.9 Å². The quantitative estimate of drug-likeness (QED) is 0.440. The highest BCUT2D eigenvalue weighted by Crippen LogP contribution is 2.29. The van der Waals surface area contributed by atoms with E-state index in [1.807, 2.05) is 0 Å². The van der Waals surface area contributed by atoms with Gasteiger partial charge in [-0.05, 0) is 6.07 Å². The second kappa shape index (κ2) is 3.32. The summed E-state index contributed by atoms with van der Waals surface area (Å²) >= 11 is 4.87. The number of H-pyrrole nitrogens is 1. The number of nitrogens with one attached hydrogen (secondary N) is 1. The summed E-state index contributed by atoms with van der Waals surface area (Å²) in [7, 11) is 0. The van der Waals surface area contributed by atoms with Crippen molar-refractivity contribution in [2.45, 2.75) is 0 Å². The maximum atomic E-state index is 10.7. The maximum Gasteiger partial charge on any atom is 0.327 e. The van der Waals surface area contributed by atoms with E-state index < -0.39 is 4.92 Å². The van der Waals surface area contributed by atoms with Gasteiger partial charge in [0, 0.05) is 10.9 Å². The molecule has 1 heterocycles. The van der Waals surface area contributed by atoms with Crippen molar-refractivity contribution in [3.8, 4) is 0 Å². The molecule has 1 aromatic heterocycles. The fourth-order valence-electron chi connectivity index (χ4n) is 1.44. The predicted octanol–water partition coefficient (Wildman–Crippen LogP) is 2.39. The zero-order chi connectivity index (χ0) is 11.0. The first-order valence-electron chi connectivity index (χ1n) is 4.16. The van der Waals surface area contributed by atoms with E-state index in [1.165, 1.54) is 0 Å². The summed E-state index contributed by atoms with van der Waals surface area (Å²) in [5.41, 5.74) is 6.27. The summed E-state index contributed by atoms with van der Waals surface area (Å²) in [4.78, 5) is 12.9. The molecule has 2 rings (SSSR count). The van der Waals surface area contributed by atoms with Crippen molar-refractivity contribution in [3.05, 3.63) is 39.0 Å². The fourth-order valence-corrected chi connectivity index (χ4v) is 1.73. The average Bonchev–Trinajstić information content (AvgIpc) is 2.17. The first kappa shape index (κ1) is 9.60. The smallest absolute Gasteiger partial charge is 0.327 e. The van der Waals surface area contributed by atoms with Crippen molar-refractivity contribution in [3.63, 3.8) is 0 Å². The van der Waals surface area contributed by atoms with Crippen LogP contribution in [0.25, 0.3) is 10.9 Å². The standard InChI is InChI=1S/C9H7N3O2S/c10-7-5-3-1-2-4-6(5)11-9(15)8(7)12(13)14/h1-4H,(H3,10,11,15). The summed E-state index contributed by atoms with van der Waals surface area (Å²) in [6.45, 7) is 0. The summed E-state index contributed by atoms with van der Waals surface area (Å²) in [5.74, 6) is 0. The van der Waals surface area contributed by atoms with Crippen LogP contribution in [0.4, 0.5) is 11.4 Å². The van der Waals surface area contributed by atoms with Crippen molar-refractivity contribution in [1.29, 1.82) is 0 Å². The maximum absolute atomic E-state index is 10.7. The summed E-state index contributed by atoms with van der Waals surface area (Å²) in [5, 5.41) is 11.3. The Morgan fingerprint density at radius 1 is 1.40 bits per heavy atom. The van der Waals surface area contributed by atoms with E-state index in [-0.39, 0.29) is 16.0 Å². The molecule has 3 N–H and O–H groups in total. The van der Waals surface area contributed by atoms with Crippen LogP contribution in [0, 0.1) is 14.8 Å². The third kappa shape index (κ3) is 1.44. The molecule has 0 fully saturated rings. The molecule has 0 aliphatic heterocycles. The highest BCUT2D eigenvalue weighted by Gasteiger charge is 2.17. The third-order valence-corrected chi connectivity index (χ3v) is 2.41. The molecule has 0 saturated heterocycles. The Bertz CT molecular complexity index is 606. The number of nitrogens with two attached hydrogens (primary N) is 1. The largest absolute Gasteiger partial charge is 0.393 e. The van der Waals surface area contributed by atoms with Gasteiger partial charge in [-0.25, -0.2) is 0 Å². The fraction of sp³-hybridized carbons (Fsp3) is 0. The van der Waals surface area contributed by atoms with Crippen LogP contribution in [0.3, 0.4) is 0 Å². The number of aromatic nitrogens is 1. The van der Waals surface area contributed by atoms with Gasteiger partial charge in [0.25, 0.3) is 0 Å². The van der Waals surface area contributed by atoms with E-state index in [1.54, 1.807) is 24.3 Å². The molecule has 15 heavy (non-hydrogen) atoms. The highest BCUT2D eigenvalue weighted by atomic mass is 32.1. The number of anilines is 1. The lowest BCUT2D eigenvalue weighted by Gasteiger charge is -2.02. The molecule has 0 unspecified atom stereocenters. The minimum Gasteiger partial charge on any atom is -0.393 e. The molecule has 0 spiro atoms. The summed E-state index contributed by atoms with van der Waals surface area (Å²) in [6.07, 6.45) is 0. The number of para-hydroxylation sites is 1.